The van der Waals surface area contributed by atoms with E-state index >= 15 is 0 Å². The standard InChI is InChI=1S/C15H21FO4/c1-18-9-10-19-7-2-8-20-12-15(17)11-13-3-5-14(16)6-4-13/h3-6H,2,7-12H2,1H3. The van der Waals surface area contributed by atoms with Crippen molar-refractivity contribution in [2.24, 2.45) is 0 Å². The molecule has 0 aliphatic carbocycles. The van der Waals surface area contributed by atoms with Crippen LogP contribution in [0.4, 0.5) is 4.39 Å². The lowest BCUT2D eigenvalue weighted by Crippen LogP contribution is -2.13. The Bertz CT molecular complexity index is 378. The number of hydrogen-bond acceptors (Lipinski definition) is 4. The second-order valence-electron chi connectivity index (χ2n) is 4.35. The Kier molecular flexibility index (Phi) is 8.78. The molecule has 4 nitrogen and oxygen atoms in total. The summed E-state index contributed by atoms with van der Waals surface area (Å²) in [6, 6.07) is 5.91. The van der Waals surface area contributed by atoms with Gasteiger partial charge in [0.25, 0.3) is 0 Å². The summed E-state index contributed by atoms with van der Waals surface area (Å²) in [5, 5.41) is 0. The van der Waals surface area contributed by atoms with Crippen molar-refractivity contribution in [3.8, 4) is 0 Å². The van der Waals surface area contributed by atoms with Gasteiger partial charge in [0.2, 0.25) is 0 Å². The summed E-state index contributed by atoms with van der Waals surface area (Å²) >= 11 is 0. The molecule has 20 heavy (non-hydrogen) atoms. The second kappa shape index (κ2) is 10.5. The van der Waals surface area contributed by atoms with Gasteiger partial charge in [0.1, 0.15) is 12.4 Å². The van der Waals surface area contributed by atoms with Crippen LogP contribution in [0.1, 0.15) is 12.0 Å². The summed E-state index contributed by atoms with van der Waals surface area (Å²) < 4.78 is 28.1. The van der Waals surface area contributed by atoms with Crippen molar-refractivity contribution in [1.29, 1.82) is 0 Å². The fourth-order valence-electron chi connectivity index (χ4n) is 1.57. The number of ether oxygens (including phenoxy) is 3. The van der Waals surface area contributed by atoms with E-state index in [-0.39, 0.29) is 24.6 Å². The molecule has 0 spiro atoms. The number of halogens is 1. The number of ketones is 1. The molecule has 112 valence electrons. The first kappa shape index (κ1) is 16.8. The molecule has 0 N–H and O–H groups in total. The first-order valence-corrected chi connectivity index (χ1v) is 6.63. The van der Waals surface area contributed by atoms with E-state index in [9.17, 15) is 9.18 Å². The second-order valence-corrected chi connectivity index (χ2v) is 4.35. The van der Waals surface area contributed by atoms with Crippen LogP contribution in [0.25, 0.3) is 0 Å². The van der Waals surface area contributed by atoms with Crippen molar-refractivity contribution in [3.05, 3.63) is 35.6 Å². The van der Waals surface area contributed by atoms with Crippen molar-refractivity contribution in [1.82, 2.24) is 0 Å². The van der Waals surface area contributed by atoms with Gasteiger partial charge in [-0.25, -0.2) is 4.39 Å². The van der Waals surface area contributed by atoms with Crippen LogP contribution < -0.4 is 0 Å². The Balaban J connectivity index is 2.01. The molecule has 1 rings (SSSR count). The van der Waals surface area contributed by atoms with Crippen LogP contribution in [0.2, 0.25) is 0 Å². The summed E-state index contributed by atoms with van der Waals surface area (Å²) in [5.74, 6) is -0.317. The first-order chi connectivity index (χ1) is 9.72. The minimum Gasteiger partial charge on any atom is -0.382 e. The minimum absolute atomic E-state index is 0.0168. The Morgan fingerprint density at radius 2 is 1.75 bits per heavy atom. The maximum Gasteiger partial charge on any atom is 0.162 e. The highest BCUT2D eigenvalue weighted by atomic mass is 19.1. The molecule has 1 aromatic rings. The smallest absolute Gasteiger partial charge is 0.162 e. The van der Waals surface area contributed by atoms with E-state index in [4.69, 9.17) is 14.2 Å². The van der Waals surface area contributed by atoms with Crippen LogP contribution in [-0.4, -0.2) is 45.9 Å². The monoisotopic (exact) mass is 284 g/mol. The van der Waals surface area contributed by atoms with Gasteiger partial charge in [0.05, 0.1) is 13.2 Å². The molecule has 0 heterocycles. The van der Waals surface area contributed by atoms with E-state index in [1.165, 1.54) is 12.1 Å². The normalized spacial score (nSPS) is 10.7. The third-order valence-corrected chi connectivity index (χ3v) is 2.59. The summed E-state index contributed by atoms with van der Waals surface area (Å²) in [5.41, 5.74) is 0.794. The van der Waals surface area contributed by atoms with Gasteiger partial charge in [0, 0.05) is 26.7 Å². The van der Waals surface area contributed by atoms with Gasteiger partial charge >= 0.3 is 0 Å². The maximum atomic E-state index is 12.7. The third kappa shape index (κ3) is 7.99. The summed E-state index contributed by atoms with van der Waals surface area (Å²) in [6.07, 6.45) is 1.01. The van der Waals surface area contributed by atoms with Gasteiger partial charge in [-0.15, -0.1) is 0 Å². The summed E-state index contributed by atoms with van der Waals surface area (Å²) in [6.45, 7) is 2.31. The molecule has 0 saturated carbocycles. The third-order valence-electron chi connectivity index (χ3n) is 2.59. The molecule has 0 aromatic heterocycles. The zero-order chi connectivity index (χ0) is 14.6. The molecule has 0 unspecified atom stereocenters. The highest BCUT2D eigenvalue weighted by molar-refractivity contribution is 5.82. The molecule has 0 saturated heterocycles. The van der Waals surface area contributed by atoms with Gasteiger partial charge in [-0.2, -0.15) is 0 Å². The highest BCUT2D eigenvalue weighted by Gasteiger charge is 2.04. The quantitative estimate of drug-likeness (QED) is 0.583. The molecule has 0 fully saturated rings. The Labute approximate surface area is 118 Å². The Morgan fingerprint density at radius 3 is 2.45 bits per heavy atom. The fourth-order valence-corrected chi connectivity index (χ4v) is 1.57. The van der Waals surface area contributed by atoms with Crippen LogP contribution in [-0.2, 0) is 25.4 Å². The van der Waals surface area contributed by atoms with Gasteiger partial charge in [-0.05, 0) is 24.1 Å². The van der Waals surface area contributed by atoms with Gasteiger partial charge in [-0.3, -0.25) is 4.79 Å². The molecule has 0 bridgehead atoms. The van der Waals surface area contributed by atoms with E-state index in [0.29, 0.717) is 26.4 Å². The number of Topliss-reactive ketones (excluding diaryl/α,β-unsaturated/α-hetero) is 1. The SMILES string of the molecule is COCCOCCCOCC(=O)Cc1ccc(F)cc1. The number of hydrogen-bond donors (Lipinski definition) is 0. The summed E-state index contributed by atoms with van der Waals surface area (Å²) in [4.78, 5) is 11.6. The molecule has 0 atom stereocenters. The Hall–Kier alpha value is -1.30. The highest BCUT2D eigenvalue weighted by Crippen LogP contribution is 2.04. The van der Waals surface area contributed by atoms with Crippen molar-refractivity contribution in [2.75, 3.05) is 40.1 Å². The number of methoxy groups -OCH3 is 1. The average molecular weight is 284 g/mol. The number of rotatable bonds is 11. The van der Waals surface area contributed by atoms with Crippen molar-refractivity contribution in [2.45, 2.75) is 12.8 Å². The average Bonchev–Trinajstić information content (AvgIpc) is 2.44. The molecular weight excluding hydrogens is 263 g/mol. The first-order valence-electron chi connectivity index (χ1n) is 6.63. The van der Waals surface area contributed by atoms with E-state index in [0.717, 1.165) is 12.0 Å². The molecule has 0 amide bonds. The van der Waals surface area contributed by atoms with Crippen LogP contribution in [0.3, 0.4) is 0 Å². The van der Waals surface area contributed by atoms with Crippen LogP contribution in [0.15, 0.2) is 24.3 Å². The zero-order valence-corrected chi connectivity index (χ0v) is 11.8. The van der Waals surface area contributed by atoms with E-state index in [1.54, 1.807) is 19.2 Å². The number of carbonyl (C=O) groups is 1. The molecule has 0 radical (unpaired) electrons. The van der Waals surface area contributed by atoms with Crippen molar-refractivity contribution in [3.63, 3.8) is 0 Å². The maximum absolute atomic E-state index is 12.7. The van der Waals surface area contributed by atoms with Gasteiger partial charge in [-0.1, -0.05) is 12.1 Å². The van der Waals surface area contributed by atoms with Crippen LogP contribution >= 0.6 is 0 Å². The van der Waals surface area contributed by atoms with Gasteiger partial charge in [0.15, 0.2) is 5.78 Å². The fraction of sp³-hybridized carbons (Fsp3) is 0.533. The van der Waals surface area contributed by atoms with E-state index in [1.807, 2.05) is 0 Å². The molecular formula is C15H21FO4. The van der Waals surface area contributed by atoms with Crippen molar-refractivity contribution >= 4 is 5.78 Å². The van der Waals surface area contributed by atoms with Gasteiger partial charge < -0.3 is 14.2 Å². The topological polar surface area (TPSA) is 44.8 Å². The molecule has 5 heteroatoms. The van der Waals surface area contributed by atoms with Crippen LogP contribution in [0, 0.1) is 5.82 Å². The largest absolute Gasteiger partial charge is 0.382 e. The predicted octanol–water partition coefficient (Wildman–Crippen LogP) is 2.01. The lowest BCUT2D eigenvalue weighted by Gasteiger charge is -2.05. The number of benzene rings is 1. The Morgan fingerprint density at radius 1 is 1.05 bits per heavy atom. The molecule has 1 aromatic carbocycles. The van der Waals surface area contributed by atoms with Crippen LogP contribution in [0.5, 0.6) is 0 Å². The summed E-state index contributed by atoms with van der Waals surface area (Å²) in [7, 11) is 1.62. The van der Waals surface area contributed by atoms with E-state index in [2.05, 4.69) is 0 Å². The van der Waals surface area contributed by atoms with Crippen molar-refractivity contribution < 1.29 is 23.4 Å². The minimum atomic E-state index is -0.300. The lowest BCUT2D eigenvalue weighted by atomic mass is 10.1. The predicted molar refractivity (Wildman–Crippen MR) is 73.2 cm³/mol. The molecule has 0 aliphatic heterocycles. The zero-order valence-electron chi connectivity index (χ0n) is 11.8. The lowest BCUT2D eigenvalue weighted by molar-refractivity contribution is -0.123. The van der Waals surface area contributed by atoms with E-state index < -0.39 is 0 Å². The molecule has 0 aliphatic rings. The number of carbonyl (C=O) groups excluding carboxylic acids is 1.